The predicted octanol–water partition coefficient (Wildman–Crippen LogP) is 3.12. The number of thiophene rings is 1. The largest absolute Gasteiger partial charge is 0.291 e. The summed E-state index contributed by atoms with van der Waals surface area (Å²) < 4.78 is 27.6. The second-order valence-corrected chi connectivity index (χ2v) is 6.54. The molecule has 0 aliphatic rings. The van der Waals surface area contributed by atoms with Gasteiger partial charge in [0, 0.05) is 6.21 Å². The number of benzene rings is 1. The molecule has 94 valence electrons. The van der Waals surface area contributed by atoms with E-state index in [1.54, 1.807) is 17.5 Å². The van der Waals surface area contributed by atoms with Crippen molar-refractivity contribution < 1.29 is 8.42 Å². The zero-order valence-electron chi connectivity index (χ0n) is 9.91. The van der Waals surface area contributed by atoms with Crippen LogP contribution in [0.1, 0.15) is 18.1 Å². The Morgan fingerprint density at radius 2 is 1.94 bits per heavy atom. The van der Waals surface area contributed by atoms with Gasteiger partial charge in [0.25, 0.3) is 10.0 Å². The fourth-order valence-electron chi connectivity index (χ4n) is 1.43. The third-order valence-electron chi connectivity index (χ3n) is 2.48. The highest BCUT2D eigenvalue weighted by molar-refractivity contribution is 7.92. The molecule has 2 rings (SSSR count). The average molecular weight is 279 g/mol. The third-order valence-corrected chi connectivity index (χ3v) is 5.09. The van der Waals surface area contributed by atoms with Gasteiger partial charge in [0.1, 0.15) is 4.21 Å². The highest BCUT2D eigenvalue weighted by Crippen LogP contribution is 2.18. The topological polar surface area (TPSA) is 46.5 Å². The molecule has 0 aliphatic heterocycles. The van der Waals surface area contributed by atoms with Crippen molar-refractivity contribution in [1.29, 1.82) is 0 Å². The molecule has 0 saturated heterocycles. The van der Waals surface area contributed by atoms with Gasteiger partial charge in [-0.2, -0.15) is 12.8 Å². The standard InChI is InChI=1S/C13H13NO2S2/c1-2-11-5-7-12(8-6-11)10-14-18(15,16)13-4-3-9-17-13/h3-10H,2H2,1H3/b14-10-. The Bertz CT molecular complexity index is 626. The molecule has 5 heteroatoms. The van der Waals surface area contributed by atoms with Gasteiger partial charge in [-0.3, -0.25) is 0 Å². The van der Waals surface area contributed by atoms with Crippen molar-refractivity contribution >= 4 is 27.6 Å². The summed E-state index contributed by atoms with van der Waals surface area (Å²) in [5, 5.41) is 1.72. The highest BCUT2D eigenvalue weighted by Gasteiger charge is 2.11. The lowest BCUT2D eigenvalue weighted by molar-refractivity contribution is 0.600. The summed E-state index contributed by atoms with van der Waals surface area (Å²) in [5.74, 6) is 0. The van der Waals surface area contributed by atoms with Gasteiger partial charge in [-0.1, -0.05) is 37.3 Å². The quantitative estimate of drug-likeness (QED) is 0.807. The molecule has 0 spiro atoms. The van der Waals surface area contributed by atoms with Crippen molar-refractivity contribution in [3.8, 4) is 0 Å². The molecule has 1 heterocycles. The van der Waals surface area contributed by atoms with Crippen LogP contribution < -0.4 is 0 Å². The Balaban J connectivity index is 2.20. The molecule has 18 heavy (non-hydrogen) atoms. The number of rotatable bonds is 4. The smallest absolute Gasteiger partial charge is 0.198 e. The highest BCUT2D eigenvalue weighted by atomic mass is 32.2. The molecule has 0 saturated carbocycles. The first-order chi connectivity index (χ1) is 8.62. The van der Waals surface area contributed by atoms with E-state index in [-0.39, 0.29) is 4.21 Å². The number of nitrogens with zero attached hydrogens (tertiary/aromatic N) is 1. The van der Waals surface area contributed by atoms with Gasteiger partial charge in [-0.25, -0.2) is 0 Å². The van der Waals surface area contributed by atoms with Gasteiger partial charge in [0.15, 0.2) is 0 Å². The van der Waals surface area contributed by atoms with E-state index >= 15 is 0 Å². The van der Waals surface area contributed by atoms with Gasteiger partial charge in [0.05, 0.1) is 0 Å². The van der Waals surface area contributed by atoms with Crippen LogP contribution >= 0.6 is 11.3 Å². The Labute approximate surface area is 111 Å². The van der Waals surface area contributed by atoms with Crippen LogP contribution in [-0.4, -0.2) is 14.6 Å². The molecule has 0 amide bonds. The van der Waals surface area contributed by atoms with Crippen molar-refractivity contribution in [3.63, 3.8) is 0 Å². The van der Waals surface area contributed by atoms with E-state index < -0.39 is 10.0 Å². The second kappa shape index (κ2) is 5.46. The minimum atomic E-state index is -3.54. The minimum absolute atomic E-state index is 0.268. The molecule has 0 bridgehead atoms. The Morgan fingerprint density at radius 1 is 1.22 bits per heavy atom. The molecule has 1 aromatic carbocycles. The molecule has 3 nitrogen and oxygen atoms in total. The van der Waals surface area contributed by atoms with Gasteiger partial charge in [-0.15, -0.1) is 11.3 Å². The van der Waals surface area contributed by atoms with Crippen molar-refractivity contribution in [3.05, 3.63) is 52.9 Å². The molecule has 0 unspecified atom stereocenters. The van der Waals surface area contributed by atoms with E-state index in [2.05, 4.69) is 11.3 Å². The summed E-state index contributed by atoms with van der Waals surface area (Å²) in [6.07, 6.45) is 2.35. The molecule has 0 N–H and O–H groups in total. The second-order valence-electron chi connectivity index (χ2n) is 3.74. The van der Waals surface area contributed by atoms with E-state index in [0.29, 0.717) is 0 Å². The first-order valence-corrected chi connectivity index (χ1v) is 7.86. The maximum absolute atomic E-state index is 11.8. The number of sulfonamides is 1. The van der Waals surface area contributed by atoms with Crippen molar-refractivity contribution in [2.45, 2.75) is 17.6 Å². The van der Waals surface area contributed by atoms with Crippen LogP contribution in [0.5, 0.6) is 0 Å². The van der Waals surface area contributed by atoms with Crippen molar-refractivity contribution in [2.24, 2.45) is 4.40 Å². The molecular formula is C13H13NO2S2. The van der Waals surface area contributed by atoms with E-state index in [1.807, 2.05) is 24.3 Å². The predicted molar refractivity (Wildman–Crippen MR) is 74.9 cm³/mol. The van der Waals surface area contributed by atoms with Crippen LogP contribution in [0.2, 0.25) is 0 Å². The monoisotopic (exact) mass is 279 g/mol. The van der Waals surface area contributed by atoms with Crippen LogP contribution in [0.4, 0.5) is 0 Å². The fourth-order valence-corrected chi connectivity index (χ4v) is 3.28. The third kappa shape index (κ3) is 3.05. The summed E-state index contributed by atoms with van der Waals surface area (Å²) in [4.78, 5) is 0. The van der Waals surface area contributed by atoms with Gasteiger partial charge in [-0.05, 0) is 29.0 Å². The van der Waals surface area contributed by atoms with Crippen LogP contribution in [0, 0.1) is 0 Å². The lowest BCUT2D eigenvalue weighted by atomic mass is 10.1. The Hall–Kier alpha value is -1.46. The summed E-state index contributed by atoms with van der Waals surface area (Å²) in [6, 6.07) is 10.9. The lowest BCUT2D eigenvalue weighted by Gasteiger charge is -1.97. The first kappa shape index (κ1) is 13.0. The molecule has 0 atom stereocenters. The van der Waals surface area contributed by atoms with Gasteiger partial charge < -0.3 is 0 Å². The minimum Gasteiger partial charge on any atom is -0.198 e. The SMILES string of the molecule is CCc1ccc(/C=N\S(=O)(=O)c2cccs2)cc1. The van der Waals surface area contributed by atoms with E-state index in [0.717, 1.165) is 12.0 Å². The Morgan fingerprint density at radius 3 is 2.50 bits per heavy atom. The number of aryl methyl sites for hydroxylation is 1. The molecule has 0 aliphatic carbocycles. The average Bonchev–Trinajstić information content (AvgIpc) is 2.92. The van der Waals surface area contributed by atoms with Crippen LogP contribution in [0.15, 0.2) is 50.4 Å². The molecule has 0 radical (unpaired) electrons. The van der Waals surface area contributed by atoms with E-state index in [9.17, 15) is 8.42 Å². The Kier molecular flexibility index (Phi) is 3.93. The summed E-state index contributed by atoms with van der Waals surface area (Å²) in [5.41, 5.74) is 2.00. The molecule has 1 aromatic heterocycles. The van der Waals surface area contributed by atoms with Crippen molar-refractivity contribution in [2.75, 3.05) is 0 Å². The zero-order valence-corrected chi connectivity index (χ0v) is 11.5. The van der Waals surface area contributed by atoms with Gasteiger partial charge >= 0.3 is 0 Å². The molecular weight excluding hydrogens is 266 g/mol. The fraction of sp³-hybridized carbons (Fsp3) is 0.154. The summed E-state index contributed by atoms with van der Waals surface area (Å²) >= 11 is 1.17. The van der Waals surface area contributed by atoms with Crippen LogP contribution in [0.3, 0.4) is 0 Å². The van der Waals surface area contributed by atoms with Crippen LogP contribution in [-0.2, 0) is 16.4 Å². The first-order valence-electron chi connectivity index (χ1n) is 5.54. The number of hydrogen-bond donors (Lipinski definition) is 0. The summed E-state index contributed by atoms with van der Waals surface area (Å²) in [7, 11) is -3.54. The van der Waals surface area contributed by atoms with E-state index in [1.165, 1.54) is 23.1 Å². The maximum Gasteiger partial charge on any atom is 0.291 e. The summed E-state index contributed by atoms with van der Waals surface area (Å²) in [6.45, 7) is 2.07. The molecule has 0 fully saturated rings. The maximum atomic E-state index is 11.8. The van der Waals surface area contributed by atoms with E-state index in [4.69, 9.17) is 0 Å². The zero-order chi connectivity index (χ0) is 13.0. The normalized spacial score (nSPS) is 12.1. The number of hydrogen-bond acceptors (Lipinski definition) is 3. The molecule has 2 aromatic rings. The van der Waals surface area contributed by atoms with Crippen molar-refractivity contribution in [1.82, 2.24) is 0 Å². The van der Waals surface area contributed by atoms with Crippen LogP contribution in [0.25, 0.3) is 0 Å². The van der Waals surface area contributed by atoms with Gasteiger partial charge in [0.2, 0.25) is 0 Å². The lowest BCUT2D eigenvalue weighted by Crippen LogP contribution is -1.94.